The van der Waals surface area contributed by atoms with Crippen LogP contribution in [0.25, 0.3) is 0 Å². The Hall–Kier alpha value is -0.820. The monoisotopic (exact) mass is 201 g/mol. The third-order valence-electron chi connectivity index (χ3n) is 4.24. The predicted octanol–water partition coefficient (Wildman–Crippen LogP) is 2.70. The lowest BCUT2D eigenvalue weighted by atomic mass is 9.74. The SMILES string of the molecule is CC1CC1C(N)CC1Cc2ccccc21. The molecule has 3 rings (SSSR count). The van der Waals surface area contributed by atoms with Crippen LogP contribution in [-0.2, 0) is 6.42 Å². The standard InChI is InChI=1S/C14H19N/c1-9-6-13(9)14(15)8-11-7-10-4-2-3-5-12(10)11/h2-5,9,11,13-14H,6-8,15H2,1H3. The Morgan fingerprint density at radius 2 is 2.13 bits per heavy atom. The molecule has 0 amide bonds. The van der Waals surface area contributed by atoms with Gasteiger partial charge in [0.1, 0.15) is 0 Å². The zero-order valence-electron chi connectivity index (χ0n) is 9.32. The molecule has 2 N–H and O–H groups in total. The molecule has 4 atom stereocenters. The van der Waals surface area contributed by atoms with Crippen molar-refractivity contribution in [2.45, 2.75) is 38.1 Å². The molecule has 1 saturated carbocycles. The van der Waals surface area contributed by atoms with E-state index in [0.717, 1.165) is 17.8 Å². The average Bonchev–Trinajstić information content (AvgIpc) is 2.92. The molecule has 0 heterocycles. The van der Waals surface area contributed by atoms with Gasteiger partial charge in [0.15, 0.2) is 0 Å². The number of hydrogen-bond acceptors (Lipinski definition) is 1. The van der Waals surface area contributed by atoms with Gasteiger partial charge in [0.2, 0.25) is 0 Å². The first-order valence-electron chi connectivity index (χ1n) is 6.09. The Morgan fingerprint density at radius 3 is 2.80 bits per heavy atom. The molecule has 15 heavy (non-hydrogen) atoms. The minimum Gasteiger partial charge on any atom is -0.327 e. The summed E-state index contributed by atoms with van der Waals surface area (Å²) in [6.45, 7) is 2.32. The van der Waals surface area contributed by atoms with Gasteiger partial charge in [0.05, 0.1) is 0 Å². The fraction of sp³-hybridized carbons (Fsp3) is 0.571. The highest BCUT2D eigenvalue weighted by Crippen LogP contribution is 2.45. The number of benzene rings is 1. The van der Waals surface area contributed by atoms with Gasteiger partial charge in [0.25, 0.3) is 0 Å². The van der Waals surface area contributed by atoms with Gasteiger partial charge in [-0.3, -0.25) is 0 Å². The second kappa shape index (κ2) is 3.34. The van der Waals surface area contributed by atoms with Gasteiger partial charge in [-0.1, -0.05) is 31.2 Å². The summed E-state index contributed by atoms with van der Waals surface area (Å²) < 4.78 is 0. The second-order valence-corrected chi connectivity index (χ2v) is 5.38. The number of rotatable bonds is 3. The number of fused-ring (bicyclic) bond motifs is 1. The normalized spacial score (nSPS) is 34.1. The highest BCUT2D eigenvalue weighted by molar-refractivity contribution is 5.40. The van der Waals surface area contributed by atoms with Crippen LogP contribution in [0.4, 0.5) is 0 Å². The van der Waals surface area contributed by atoms with E-state index in [-0.39, 0.29) is 0 Å². The quantitative estimate of drug-likeness (QED) is 0.799. The molecule has 1 nitrogen and oxygen atoms in total. The maximum absolute atomic E-state index is 6.24. The molecule has 0 aromatic heterocycles. The van der Waals surface area contributed by atoms with E-state index in [1.807, 2.05) is 0 Å². The minimum atomic E-state index is 0.443. The van der Waals surface area contributed by atoms with Crippen LogP contribution in [0.2, 0.25) is 0 Å². The van der Waals surface area contributed by atoms with Crippen LogP contribution in [0.3, 0.4) is 0 Å². The van der Waals surface area contributed by atoms with Crippen molar-refractivity contribution < 1.29 is 0 Å². The van der Waals surface area contributed by atoms with Gasteiger partial charge in [0, 0.05) is 6.04 Å². The van der Waals surface area contributed by atoms with Crippen LogP contribution in [-0.4, -0.2) is 6.04 Å². The maximum atomic E-state index is 6.24. The molecule has 1 heteroatoms. The van der Waals surface area contributed by atoms with E-state index < -0.39 is 0 Å². The second-order valence-electron chi connectivity index (χ2n) is 5.38. The predicted molar refractivity (Wildman–Crippen MR) is 62.8 cm³/mol. The minimum absolute atomic E-state index is 0.443. The molecule has 1 aromatic rings. The number of hydrogen-bond donors (Lipinski definition) is 1. The summed E-state index contributed by atoms with van der Waals surface area (Å²) in [5, 5.41) is 0. The van der Waals surface area contributed by atoms with Crippen LogP contribution >= 0.6 is 0 Å². The summed E-state index contributed by atoms with van der Waals surface area (Å²) in [5.74, 6) is 2.46. The molecule has 2 aliphatic rings. The first-order valence-corrected chi connectivity index (χ1v) is 6.09. The molecule has 1 aromatic carbocycles. The highest BCUT2D eigenvalue weighted by Gasteiger charge is 2.39. The molecule has 4 unspecified atom stereocenters. The van der Waals surface area contributed by atoms with E-state index in [1.54, 1.807) is 11.1 Å². The summed E-state index contributed by atoms with van der Waals surface area (Å²) in [5.41, 5.74) is 9.33. The topological polar surface area (TPSA) is 26.0 Å². The van der Waals surface area contributed by atoms with Gasteiger partial charge in [-0.25, -0.2) is 0 Å². The smallest absolute Gasteiger partial charge is 0.00757 e. The third kappa shape index (κ3) is 1.59. The average molecular weight is 201 g/mol. The van der Waals surface area contributed by atoms with Crippen molar-refractivity contribution in [2.75, 3.05) is 0 Å². The van der Waals surface area contributed by atoms with Crippen molar-refractivity contribution in [1.82, 2.24) is 0 Å². The first-order chi connectivity index (χ1) is 7.25. The Labute approximate surface area is 91.7 Å². The largest absolute Gasteiger partial charge is 0.327 e. The Balaban J connectivity index is 1.63. The fourth-order valence-electron chi connectivity index (χ4n) is 3.02. The van der Waals surface area contributed by atoms with Crippen molar-refractivity contribution in [3.05, 3.63) is 35.4 Å². The van der Waals surface area contributed by atoms with E-state index in [2.05, 4.69) is 31.2 Å². The zero-order chi connectivity index (χ0) is 10.4. The summed E-state index contributed by atoms with van der Waals surface area (Å²) in [7, 11) is 0. The van der Waals surface area contributed by atoms with E-state index in [0.29, 0.717) is 6.04 Å². The van der Waals surface area contributed by atoms with Crippen LogP contribution < -0.4 is 5.73 Å². The fourth-order valence-corrected chi connectivity index (χ4v) is 3.02. The van der Waals surface area contributed by atoms with E-state index >= 15 is 0 Å². The lowest BCUT2D eigenvalue weighted by molar-refractivity contribution is 0.443. The van der Waals surface area contributed by atoms with E-state index in [9.17, 15) is 0 Å². The molecule has 0 radical (unpaired) electrons. The van der Waals surface area contributed by atoms with E-state index in [4.69, 9.17) is 5.73 Å². The van der Waals surface area contributed by atoms with Gasteiger partial charge in [-0.2, -0.15) is 0 Å². The zero-order valence-corrected chi connectivity index (χ0v) is 9.32. The van der Waals surface area contributed by atoms with Gasteiger partial charge < -0.3 is 5.73 Å². The Bertz CT molecular complexity index is 371. The van der Waals surface area contributed by atoms with Gasteiger partial charge in [-0.05, 0) is 48.1 Å². The lowest BCUT2D eigenvalue weighted by Crippen LogP contribution is -2.30. The summed E-state index contributed by atoms with van der Waals surface area (Å²) in [6, 6.07) is 9.25. The van der Waals surface area contributed by atoms with Crippen molar-refractivity contribution in [3.8, 4) is 0 Å². The van der Waals surface area contributed by atoms with Crippen molar-refractivity contribution in [2.24, 2.45) is 17.6 Å². The molecule has 2 aliphatic carbocycles. The first kappa shape index (κ1) is 9.41. The lowest BCUT2D eigenvalue weighted by Gasteiger charge is -2.32. The third-order valence-corrected chi connectivity index (χ3v) is 4.24. The molecule has 80 valence electrons. The van der Waals surface area contributed by atoms with Crippen LogP contribution in [0, 0.1) is 11.8 Å². The van der Waals surface area contributed by atoms with Crippen LogP contribution in [0.1, 0.15) is 36.8 Å². The van der Waals surface area contributed by atoms with Crippen LogP contribution in [0.5, 0.6) is 0 Å². The van der Waals surface area contributed by atoms with Crippen LogP contribution in [0.15, 0.2) is 24.3 Å². The summed E-state index contributed by atoms with van der Waals surface area (Å²) in [4.78, 5) is 0. The maximum Gasteiger partial charge on any atom is 0.00757 e. The van der Waals surface area contributed by atoms with E-state index in [1.165, 1.54) is 19.3 Å². The molecule has 0 spiro atoms. The molecular weight excluding hydrogens is 182 g/mol. The molecule has 0 saturated heterocycles. The van der Waals surface area contributed by atoms with Crippen molar-refractivity contribution >= 4 is 0 Å². The molecular formula is C14H19N. The Kier molecular flexibility index (Phi) is 2.10. The molecule has 1 fully saturated rings. The van der Waals surface area contributed by atoms with Gasteiger partial charge >= 0.3 is 0 Å². The van der Waals surface area contributed by atoms with Crippen molar-refractivity contribution in [3.63, 3.8) is 0 Å². The number of nitrogens with two attached hydrogens (primary N) is 1. The Morgan fingerprint density at radius 1 is 1.40 bits per heavy atom. The summed E-state index contributed by atoms with van der Waals surface area (Å²) >= 11 is 0. The van der Waals surface area contributed by atoms with Gasteiger partial charge in [-0.15, -0.1) is 0 Å². The molecule has 0 bridgehead atoms. The van der Waals surface area contributed by atoms with Crippen molar-refractivity contribution in [1.29, 1.82) is 0 Å². The highest BCUT2D eigenvalue weighted by atomic mass is 14.7. The molecule has 0 aliphatic heterocycles. The summed E-state index contributed by atoms with van der Waals surface area (Å²) in [6.07, 6.45) is 3.81.